The normalized spacial score (nSPS) is 12.9. The van der Waals surface area contributed by atoms with Gasteiger partial charge in [0.15, 0.2) is 0 Å². The summed E-state index contributed by atoms with van der Waals surface area (Å²) in [5.41, 5.74) is 4.95. The minimum Gasteiger partial charge on any atom is -0.390 e. The highest BCUT2D eigenvalue weighted by Crippen LogP contribution is 2.10. The fourth-order valence-electron chi connectivity index (χ4n) is 1.02. The molecule has 0 fully saturated rings. The summed E-state index contributed by atoms with van der Waals surface area (Å²) in [6, 6.07) is 7.68. The lowest BCUT2D eigenvalue weighted by Gasteiger charge is -2.04. The molecule has 0 aliphatic carbocycles. The highest BCUT2D eigenvalue weighted by atomic mass is 35.5. The first kappa shape index (κ1) is 9.52. The number of halogens is 1. The molecule has 0 aliphatic heterocycles. The molecule has 1 aromatic rings. The van der Waals surface area contributed by atoms with Crippen molar-refractivity contribution in [3.05, 3.63) is 34.9 Å². The molecule has 0 radical (unpaired) electrons. The Morgan fingerprint density at radius 3 is 2.42 bits per heavy atom. The van der Waals surface area contributed by atoms with Crippen LogP contribution in [-0.2, 0) is 6.42 Å². The van der Waals surface area contributed by atoms with Crippen molar-refractivity contribution in [1.82, 2.24) is 0 Å². The van der Waals surface area contributed by atoms with Crippen LogP contribution in [0.2, 0.25) is 5.02 Å². The molecule has 0 saturated carbocycles. The molecule has 0 saturated heterocycles. The van der Waals surface area contributed by atoms with Gasteiger partial charge in [0.05, 0.1) is 6.61 Å². The molecular formula is C9H13ClNO+. The SMILES string of the molecule is [NH3+][C@@H](CO)Cc1ccc(Cl)cc1. The number of aliphatic hydroxyl groups is 1. The molecule has 12 heavy (non-hydrogen) atoms. The number of quaternary nitrogens is 1. The summed E-state index contributed by atoms with van der Waals surface area (Å²) in [5, 5.41) is 9.50. The molecule has 1 aromatic carbocycles. The Morgan fingerprint density at radius 2 is 1.92 bits per heavy atom. The third kappa shape index (κ3) is 2.81. The van der Waals surface area contributed by atoms with Crippen LogP contribution >= 0.6 is 11.6 Å². The van der Waals surface area contributed by atoms with Crippen LogP contribution in [0.3, 0.4) is 0 Å². The predicted molar refractivity (Wildman–Crippen MR) is 48.9 cm³/mol. The molecule has 0 aliphatic rings. The van der Waals surface area contributed by atoms with Crippen molar-refractivity contribution in [2.45, 2.75) is 12.5 Å². The number of hydrogen-bond acceptors (Lipinski definition) is 1. The summed E-state index contributed by atoms with van der Waals surface area (Å²) in [4.78, 5) is 0. The topological polar surface area (TPSA) is 47.9 Å². The molecule has 2 nitrogen and oxygen atoms in total. The first-order valence-corrected chi connectivity index (χ1v) is 4.28. The van der Waals surface area contributed by atoms with Crippen LogP contribution in [-0.4, -0.2) is 17.8 Å². The van der Waals surface area contributed by atoms with E-state index in [0.29, 0.717) is 0 Å². The maximum atomic E-state index is 8.76. The van der Waals surface area contributed by atoms with Crippen molar-refractivity contribution >= 4 is 11.6 Å². The van der Waals surface area contributed by atoms with Crippen molar-refractivity contribution in [3.63, 3.8) is 0 Å². The lowest BCUT2D eigenvalue weighted by molar-refractivity contribution is -0.424. The summed E-state index contributed by atoms with van der Waals surface area (Å²) in [6.07, 6.45) is 0.799. The average molecular weight is 187 g/mol. The Balaban J connectivity index is 2.58. The molecule has 66 valence electrons. The third-order valence-electron chi connectivity index (χ3n) is 1.70. The summed E-state index contributed by atoms with van der Waals surface area (Å²) in [7, 11) is 0. The first-order chi connectivity index (χ1) is 5.72. The molecule has 1 atom stereocenters. The average Bonchev–Trinajstić information content (AvgIpc) is 2.09. The van der Waals surface area contributed by atoms with Crippen LogP contribution in [0, 0.1) is 0 Å². The van der Waals surface area contributed by atoms with Crippen molar-refractivity contribution in [2.75, 3.05) is 6.61 Å². The quantitative estimate of drug-likeness (QED) is 0.709. The van der Waals surface area contributed by atoms with Crippen molar-refractivity contribution in [2.24, 2.45) is 0 Å². The minimum absolute atomic E-state index is 0.0752. The monoisotopic (exact) mass is 186 g/mol. The lowest BCUT2D eigenvalue weighted by atomic mass is 10.1. The fourth-order valence-corrected chi connectivity index (χ4v) is 1.14. The summed E-state index contributed by atoms with van der Waals surface area (Å²) >= 11 is 5.72. The number of aliphatic hydroxyl groups excluding tert-OH is 1. The van der Waals surface area contributed by atoms with Gasteiger partial charge in [-0.2, -0.15) is 0 Å². The zero-order valence-electron chi connectivity index (χ0n) is 6.83. The van der Waals surface area contributed by atoms with E-state index in [4.69, 9.17) is 16.7 Å². The van der Waals surface area contributed by atoms with E-state index in [9.17, 15) is 0 Å². The van der Waals surface area contributed by atoms with E-state index in [1.807, 2.05) is 24.3 Å². The summed E-state index contributed by atoms with van der Waals surface area (Å²) in [5.74, 6) is 0. The molecule has 0 spiro atoms. The second-order valence-corrected chi connectivity index (χ2v) is 3.32. The van der Waals surface area contributed by atoms with Gasteiger partial charge in [-0.05, 0) is 17.7 Å². The van der Waals surface area contributed by atoms with E-state index in [2.05, 4.69) is 5.73 Å². The van der Waals surface area contributed by atoms with Crippen LogP contribution in [0.1, 0.15) is 5.56 Å². The van der Waals surface area contributed by atoms with Gasteiger partial charge >= 0.3 is 0 Å². The minimum atomic E-state index is 0.0752. The molecular weight excluding hydrogens is 174 g/mol. The van der Waals surface area contributed by atoms with E-state index in [0.717, 1.165) is 17.0 Å². The van der Waals surface area contributed by atoms with E-state index < -0.39 is 0 Å². The van der Waals surface area contributed by atoms with Crippen molar-refractivity contribution in [1.29, 1.82) is 0 Å². The number of rotatable bonds is 3. The predicted octanol–water partition coefficient (Wildman–Crippen LogP) is 0.485. The van der Waals surface area contributed by atoms with Gasteiger partial charge in [-0.1, -0.05) is 23.7 Å². The van der Waals surface area contributed by atoms with Gasteiger partial charge in [-0.15, -0.1) is 0 Å². The standard InChI is InChI=1S/C9H12ClNO/c10-8-3-1-7(2-4-8)5-9(11)6-12/h1-4,9,12H,5-6,11H2/p+1/t9-/m1/s1. The maximum Gasteiger partial charge on any atom is 0.112 e. The zero-order valence-corrected chi connectivity index (χ0v) is 7.59. The zero-order chi connectivity index (χ0) is 8.97. The largest absolute Gasteiger partial charge is 0.390 e. The van der Waals surface area contributed by atoms with Crippen LogP contribution in [0.15, 0.2) is 24.3 Å². The molecule has 0 aromatic heterocycles. The van der Waals surface area contributed by atoms with E-state index in [1.165, 1.54) is 0 Å². The highest BCUT2D eigenvalue weighted by molar-refractivity contribution is 6.30. The van der Waals surface area contributed by atoms with Crippen LogP contribution < -0.4 is 5.73 Å². The molecule has 1 rings (SSSR count). The van der Waals surface area contributed by atoms with Crippen molar-refractivity contribution in [3.8, 4) is 0 Å². The van der Waals surface area contributed by atoms with Crippen LogP contribution in [0.4, 0.5) is 0 Å². The Morgan fingerprint density at radius 1 is 1.33 bits per heavy atom. The van der Waals surface area contributed by atoms with Crippen LogP contribution in [0.25, 0.3) is 0 Å². The van der Waals surface area contributed by atoms with Gasteiger partial charge in [-0.25, -0.2) is 0 Å². The van der Waals surface area contributed by atoms with Gasteiger partial charge in [0.2, 0.25) is 0 Å². The fraction of sp³-hybridized carbons (Fsp3) is 0.333. The molecule has 4 N–H and O–H groups in total. The van der Waals surface area contributed by atoms with Crippen molar-refractivity contribution < 1.29 is 10.8 Å². The number of hydrogen-bond donors (Lipinski definition) is 2. The second kappa shape index (κ2) is 4.45. The van der Waals surface area contributed by atoms with Gasteiger partial charge in [0, 0.05) is 11.4 Å². The van der Waals surface area contributed by atoms with Gasteiger partial charge in [0.25, 0.3) is 0 Å². The summed E-state index contributed by atoms with van der Waals surface area (Å²) in [6.45, 7) is 0.128. The number of benzene rings is 1. The highest BCUT2D eigenvalue weighted by Gasteiger charge is 2.04. The van der Waals surface area contributed by atoms with E-state index >= 15 is 0 Å². The van der Waals surface area contributed by atoms with Crippen LogP contribution in [0.5, 0.6) is 0 Å². The van der Waals surface area contributed by atoms with Gasteiger partial charge in [0.1, 0.15) is 6.04 Å². The Labute approximate surface area is 77.0 Å². The molecule has 0 amide bonds. The lowest BCUT2D eigenvalue weighted by Crippen LogP contribution is -2.63. The van der Waals surface area contributed by atoms with Gasteiger partial charge in [-0.3, -0.25) is 0 Å². The molecule has 0 unspecified atom stereocenters. The second-order valence-electron chi connectivity index (χ2n) is 2.88. The third-order valence-corrected chi connectivity index (χ3v) is 1.95. The molecule has 0 heterocycles. The smallest absolute Gasteiger partial charge is 0.112 e. The Kier molecular flexibility index (Phi) is 3.53. The Hall–Kier alpha value is -0.570. The van der Waals surface area contributed by atoms with E-state index in [1.54, 1.807) is 0 Å². The van der Waals surface area contributed by atoms with E-state index in [-0.39, 0.29) is 12.6 Å². The maximum absolute atomic E-state index is 8.76. The summed E-state index contributed by atoms with van der Waals surface area (Å²) < 4.78 is 0. The van der Waals surface area contributed by atoms with Gasteiger partial charge < -0.3 is 10.8 Å². The molecule has 0 bridgehead atoms. The molecule has 3 heteroatoms. The Bertz CT molecular complexity index is 235. The first-order valence-electron chi connectivity index (χ1n) is 3.90.